The van der Waals surface area contributed by atoms with Crippen LogP contribution in [0.15, 0.2) is 24.8 Å². The summed E-state index contributed by atoms with van der Waals surface area (Å²) in [5, 5.41) is 33.3. The Morgan fingerprint density at radius 2 is 1.71 bits per heavy atom. The first kappa shape index (κ1) is 12.5. The molecule has 1 aromatic rings. The monoisotopic (exact) mass is 198 g/mol. The summed E-state index contributed by atoms with van der Waals surface area (Å²) in [6, 6.07) is 4.73. The van der Waals surface area contributed by atoms with Crippen LogP contribution in [0, 0.1) is 0 Å². The minimum Gasteiger partial charge on any atom is -0.504 e. The molecule has 4 nitrogen and oxygen atoms in total. The minimum absolute atomic E-state index is 0.113. The third-order valence-corrected chi connectivity index (χ3v) is 1.37. The highest BCUT2D eigenvalue weighted by Gasteiger charge is 1.99. The fourth-order valence-corrected chi connectivity index (χ4v) is 0.713. The zero-order chi connectivity index (χ0) is 11.0. The number of para-hydroxylation sites is 1. The van der Waals surface area contributed by atoms with E-state index in [0.29, 0.717) is 5.56 Å². The van der Waals surface area contributed by atoms with E-state index in [1.807, 2.05) is 0 Å². The molecule has 0 aromatic heterocycles. The van der Waals surface area contributed by atoms with Gasteiger partial charge in [-0.15, -0.1) is 0 Å². The first-order chi connectivity index (χ1) is 6.67. The molecule has 14 heavy (non-hydrogen) atoms. The van der Waals surface area contributed by atoms with Crippen LogP contribution < -0.4 is 0 Å². The van der Waals surface area contributed by atoms with Crippen LogP contribution in [0.4, 0.5) is 0 Å². The molecular weight excluding hydrogens is 184 g/mol. The molecule has 0 bridgehead atoms. The molecule has 1 aromatic carbocycles. The van der Waals surface area contributed by atoms with E-state index in [9.17, 15) is 0 Å². The predicted octanol–water partition coefficient (Wildman–Crippen LogP) is 0.712. The maximum Gasteiger partial charge on any atom is 0.164 e. The average Bonchev–Trinajstić information content (AvgIpc) is 2.22. The highest BCUT2D eigenvalue weighted by molar-refractivity contribution is 5.59. The second-order valence-corrected chi connectivity index (χ2v) is 2.37. The third kappa shape index (κ3) is 3.93. The maximum atomic E-state index is 9.08. The van der Waals surface area contributed by atoms with Crippen molar-refractivity contribution in [3.63, 3.8) is 0 Å². The molecule has 0 aliphatic rings. The normalized spacial score (nSPS) is 8.71. The zero-order valence-electron chi connectivity index (χ0n) is 7.72. The third-order valence-electron chi connectivity index (χ3n) is 1.37. The van der Waals surface area contributed by atoms with Gasteiger partial charge in [-0.05, 0) is 6.07 Å². The Labute approximate surface area is 82.4 Å². The van der Waals surface area contributed by atoms with Gasteiger partial charge in [-0.25, -0.2) is 0 Å². The summed E-state index contributed by atoms with van der Waals surface area (Å²) >= 11 is 0. The topological polar surface area (TPSA) is 80.9 Å². The van der Waals surface area contributed by atoms with Crippen LogP contribution in [0.3, 0.4) is 0 Å². The largest absolute Gasteiger partial charge is 0.504 e. The smallest absolute Gasteiger partial charge is 0.164 e. The standard InChI is InChI=1S/C8H8O2.C2H6O2/c1-2-6-4-3-5-7(9)8(6)10;3-1-2-4/h2-5,9-10H,1H2;3-4H,1-2H2. The molecule has 0 fully saturated rings. The number of phenols is 2. The predicted molar refractivity (Wildman–Crippen MR) is 54.0 cm³/mol. The lowest BCUT2D eigenvalue weighted by Gasteiger charge is -1.98. The van der Waals surface area contributed by atoms with Gasteiger partial charge in [0, 0.05) is 5.56 Å². The van der Waals surface area contributed by atoms with Gasteiger partial charge in [0.2, 0.25) is 0 Å². The summed E-state index contributed by atoms with van der Waals surface area (Å²) in [5.41, 5.74) is 0.542. The van der Waals surface area contributed by atoms with E-state index in [0.717, 1.165) is 0 Å². The second kappa shape index (κ2) is 6.94. The molecule has 0 saturated carbocycles. The average molecular weight is 198 g/mol. The van der Waals surface area contributed by atoms with Crippen LogP contribution >= 0.6 is 0 Å². The van der Waals surface area contributed by atoms with Crippen LogP contribution in [0.5, 0.6) is 11.5 Å². The molecule has 0 spiro atoms. The summed E-state index contributed by atoms with van der Waals surface area (Å²) in [6.45, 7) is 3.21. The molecular formula is C10H14O4. The van der Waals surface area contributed by atoms with Crippen molar-refractivity contribution in [2.45, 2.75) is 0 Å². The first-order valence-corrected chi connectivity index (χ1v) is 4.02. The first-order valence-electron chi connectivity index (χ1n) is 4.02. The Hall–Kier alpha value is -1.52. The Balaban J connectivity index is 0.000000364. The quantitative estimate of drug-likeness (QED) is 0.528. The van der Waals surface area contributed by atoms with Gasteiger partial charge in [-0.3, -0.25) is 0 Å². The molecule has 0 saturated heterocycles. The van der Waals surface area contributed by atoms with E-state index >= 15 is 0 Å². The van der Waals surface area contributed by atoms with Gasteiger partial charge in [0.05, 0.1) is 13.2 Å². The maximum absolute atomic E-state index is 9.08. The number of phenolic OH excluding ortho intramolecular Hbond substituents is 2. The van der Waals surface area contributed by atoms with E-state index in [1.54, 1.807) is 12.1 Å². The molecule has 0 atom stereocenters. The number of aliphatic hydroxyl groups excluding tert-OH is 2. The summed E-state index contributed by atoms with van der Waals surface area (Å²) in [7, 11) is 0. The number of hydrogen-bond donors (Lipinski definition) is 4. The van der Waals surface area contributed by atoms with Gasteiger partial charge < -0.3 is 20.4 Å². The van der Waals surface area contributed by atoms with Crippen LogP contribution in [0.2, 0.25) is 0 Å². The zero-order valence-corrected chi connectivity index (χ0v) is 7.72. The summed E-state index contributed by atoms with van der Waals surface area (Å²) < 4.78 is 0. The number of rotatable bonds is 2. The fourth-order valence-electron chi connectivity index (χ4n) is 0.713. The number of benzene rings is 1. The second-order valence-electron chi connectivity index (χ2n) is 2.37. The number of aliphatic hydroxyl groups is 2. The van der Waals surface area contributed by atoms with Gasteiger partial charge in [0.1, 0.15) is 0 Å². The summed E-state index contributed by atoms with van der Waals surface area (Å²) in [6.07, 6.45) is 1.48. The van der Waals surface area contributed by atoms with Gasteiger partial charge >= 0.3 is 0 Å². The van der Waals surface area contributed by atoms with Crippen molar-refractivity contribution >= 4 is 6.08 Å². The number of aromatic hydroxyl groups is 2. The molecule has 0 aliphatic carbocycles. The fraction of sp³-hybridized carbons (Fsp3) is 0.200. The van der Waals surface area contributed by atoms with Gasteiger partial charge in [-0.2, -0.15) is 0 Å². The summed E-state index contributed by atoms with van der Waals surface area (Å²) in [5.74, 6) is -0.227. The van der Waals surface area contributed by atoms with Gasteiger partial charge in [-0.1, -0.05) is 24.8 Å². The number of hydrogen-bond acceptors (Lipinski definition) is 4. The van der Waals surface area contributed by atoms with Crippen molar-refractivity contribution in [3.05, 3.63) is 30.3 Å². The summed E-state index contributed by atoms with van der Waals surface area (Å²) in [4.78, 5) is 0. The molecule has 0 amide bonds. The van der Waals surface area contributed by atoms with E-state index in [2.05, 4.69) is 6.58 Å². The highest BCUT2D eigenvalue weighted by Crippen LogP contribution is 2.28. The van der Waals surface area contributed by atoms with Crippen molar-refractivity contribution in [2.75, 3.05) is 13.2 Å². The lowest BCUT2D eigenvalue weighted by molar-refractivity contribution is 0.186. The van der Waals surface area contributed by atoms with Crippen molar-refractivity contribution in [3.8, 4) is 11.5 Å². The van der Waals surface area contributed by atoms with Crippen molar-refractivity contribution in [1.29, 1.82) is 0 Å². The Kier molecular flexibility index (Phi) is 6.19. The van der Waals surface area contributed by atoms with Gasteiger partial charge in [0.15, 0.2) is 11.5 Å². The molecule has 0 heterocycles. The molecule has 0 aliphatic heterocycles. The van der Waals surface area contributed by atoms with Crippen molar-refractivity contribution < 1.29 is 20.4 Å². The van der Waals surface area contributed by atoms with Crippen LogP contribution in [0.25, 0.3) is 6.08 Å². The van der Waals surface area contributed by atoms with Crippen LogP contribution in [-0.2, 0) is 0 Å². The van der Waals surface area contributed by atoms with Gasteiger partial charge in [0.25, 0.3) is 0 Å². The van der Waals surface area contributed by atoms with E-state index < -0.39 is 0 Å². The van der Waals surface area contributed by atoms with Crippen molar-refractivity contribution in [2.24, 2.45) is 0 Å². The lowest BCUT2D eigenvalue weighted by atomic mass is 10.2. The van der Waals surface area contributed by atoms with E-state index in [1.165, 1.54) is 12.1 Å². The molecule has 4 N–H and O–H groups in total. The molecule has 4 heteroatoms. The SMILES string of the molecule is C=Cc1cccc(O)c1O.OCCO. The van der Waals surface area contributed by atoms with Crippen LogP contribution in [-0.4, -0.2) is 33.6 Å². The Morgan fingerprint density at radius 1 is 1.14 bits per heavy atom. The van der Waals surface area contributed by atoms with Crippen molar-refractivity contribution in [1.82, 2.24) is 0 Å². The molecule has 0 radical (unpaired) electrons. The molecule has 0 unspecified atom stereocenters. The molecule has 78 valence electrons. The Bertz CT molecular complexity index is 281. The van der Waals surface area contributed by atoms with E-state index in [4.69, 9.17) is 20.4 Å². The minimum atomic E-state index is -0.125. The lowest BCUT2D eigenvalue weighted by Crippen LogP contribution is -1.85. The Morgan fingerprint density at radius 3 is 2.07 bits per heavy atom. The van der Waals surface area contributed by atoms with Crippen LogP contribution in [0.1, 0.15) is 5.56 Å². The van der Waals surface area contributed by atoms with E-state index in [-0.39, 0.29) is 24.7 Å². The molecule has 1 rings (SSSR count). The highest BCUT2D eigenvalue weighted by atomic mass is 16.3.